The van der Waals surface area contributed by atoms with Crippen LogP contribution >= 0.6 is 0 Å². The zero-order valence-corrected chi connectivity index (χ0v) is 58.6. The highest BCUT2D eigenvalue weighted by Gasteiger charge is 2.43. The van der Waals surface area contributed by atoms with Crippen LogP contribution in [0.5, 0.6) is 0 Å². The second-order valence-electron chi connectivity index (χ2n) is 30.1. The Hall–Kier alpha value is -6.48. The molecule has 0 bridgehead atoms. The number of aromatic nitrogens is 6. The van der Waals surface area contributed by atoms with Gasteiger partial charge in [0.15, 0.2) is 22.9 Å². The predicted octanol–water partition coefficient (Wildman–Crippen LogP) is 6.66. The van der Waals surface area contributed by atoms with Gasteiger partial charge in [-0.25, -0.2) is 23.7 Å². The number of hydrogen-bond donors (Lipinski definition) is 6. The molecule has 3 fully saturated rings. The highest BCUT2D eigenvalue weighted by atomic mass is 19.3. The van der Waals surface area contributed by atoms with Gasteiger partial charge in [-0.05, 0) is 114 Å². The third-order valence-electron chi connectivity index (χ3n) is 19.4. The maximum atomic E-state index is 13.7. The lowest BCUT2D eigenvalue weighted by atomic mass is 9.86. The number of Topliss-reactive ketones (excluding diaryl/α,β-unsaturated/α-hetero) is 1. The standard InChI is InChI=1S/C24H37N5O4.C22H35F2N5O2.C22H35N5O3/c1-23(2,3)19(22(31)25-4)27-21(30)18-17-15-28(5)11-6-12-29(17)20(26-18)16-7-9-24(10-8-16)32-13-14-33-24;1-21(2,3)17(20(31)25-4)27-19(30)16-15-13-28(5)11-6-12-29(15)18(26-16)14-7-9-22(23,24)10-8-14;1-22(2,3)18(21(30)23-4)25-20(29)17-16-13-26(5)11-6-12-27(16)19(24-17)14-7-9-15(28)10-8-14/h7,19H,6,8-15H2,1-5H3,(H,25,31)(H,27,30);14,17H,6-13H2,1-5H3,(H,25,31)(H,27,30);14,18H,6-13H2,1-5H3,(H,23,30)(H,25,29)/t19-;17-;18-/m111/s1. The van der Waals surface area contributed by atoms with E-state index in [0.29, 0.717) is 94.4 Å². The summed E-state index contributed by atoms with van der Waals surface area (Å²) in [6, 6.07) is -2.04. The van der Waals surface area contributed by atoms with Crippen molar-refractivity contribution in [2.24, 2.45) is 16.2 Å². The molecule has 1 saturated heterocycles. The molecule has 24 nitrogen and oxygen atoms in total. The van der Waals surface area contributed by atoms with Gasteiger partial charge in [0.1, 0.15) is 41.4 Å². The SMILES string of the molecule is CNC(=O)[C@@H](NC(=O)c1nc(C2=CCC3(CC2)OCCO3)n2c1CN(C)CCC2)C(C)(C)C.CNC(=O)[C@@H](NC(=O)c1nc(C2CCC(=O)CC2)n2c1CN(C)CCC2)C(C)(C)C.CNC(=O)[C@@H](NC(=O)c1nc(C2CCC(F)(F)CC2)n2c1CN(C)CCC2)C(C)(C)C. The summed E-state index contributed by atoms with van der Waals surface area (Å²) in [5.74, 6) is -1.88. The molecular weight excluding hydrogens is 1210 g/mol. The number of hydrogen-bond acceptors (Lipinski definition) is 15. The van der Waals surface area contributed by atoms with Crippen LogP contribution in [0.4, 0.5) is 8.78 Å². The summed E-state index contributed by atoms with van der Waals surface area (Å²) < 4.78 is 45.6. The first-order chi connectivity index (χ1) is 44.2. The van der Waals surface area contributed by atoms with Crippen molar-refractivity contribution in [1.29, 1.82) is 0 Å². The topological polar surface area (TPSA) is 273 Å². The summed E-state index contributed by atoms with van der Waals surface area (Å²) >= 11 is 0. The number of nitrogens with one attached hydrogen (secondary N) is 6. The number of halogens is 2. The van der Waals surface area contributed by atoms with E-state index in [2.05, 4.69) is 73.4 Å². The van der Waals surface area contributed by atoms with Crippen LogP contribution in [0.25, 0.3) is 5.57 Å². The average molecular weight is 1320 g/mol. The van der Waals surface area contributed by atoms with Crippen LogP contribution in [-0.2, 0) is 67.9 Å². The Morgan fingerprint density at radius 2 is 0.883 bits per heavy atom. The number of ketones is 1. The Morgan fingerprint density at radius 1 is 0.521 bits per heavy atom. The minimum atomic E-state index is -2.61. The maximum absolute atomic E-state index is 13.7. The van der Waals surface area contributed by atoms with Crippen molar-refractivity contribution < 1.29 is 51.8 Å². The molecule has 0 radical (unpaired) electrons. The average Bonchev–Trinajstić information content (AvgIpc) is 1.63. The Morgan fingerprint density at radius 3 is 1.24 bits per heavy atom. The van der Waals surface area contributed by atoms with Crippen molar-refractivity contribution >= 4 is 46.8 Å². The Bertz CT molecular complexity index is 3250. The molecule has 522 valence electrons. The fourth-order valence-corrected chi connectivity index (χ4v) is 14.0. The van der Waals surface area contributed by atoms with Gasteiger partial charge in [-0.1, -0.05) is 68.4 Å². The molecular formula is C68H107F2N15O9. The van der Waals surface area contributed by atoms with Gasteiger partial charge < -0.3 is 69.8 Å². The minimum Gasteiger partial charge on any atom is -0.357 e. The monoisotopic (exact) mass is 1320 g/mol. The molecule has 3 aliphatic carbocycles. The van der Waals surface area contributed by atoms with Gasteiger partial charge >= 0.3 is 0 Å². The van der Waals surface area contributed by atoms with Gasteiger partial charge in [-0.3, -0.25) is 33.6 Å². The number of nitrogens with zero attached hydrogens (tertiary/aromatic N) is 9. The summed E-state index contributed by atoms with van der Waals surface area (Å²) in [6.45, 7) is 25.5. The van der Waals surface area contributed by atoms with E-state index in [-0.39, 0.29) is 54.2 Å². The van der Waals surface area contributed by atoms with E-state index in [9.17, 15) is 42.3 Å². The molecule has 6 N–H and O–H groups in total. The smallest absolute Gasteiger partial charge is 0.272 e. The summed E-state index contributed by atoms with van der Waals surface area (Å²) in [4.78, 5) is 110. The third kappa shape index (κ3) is 17.6. The van der Waals surface area contributed by atoms with E-state index in [0.717, 1.165) is 118 Å². The molecule has 1 spiro atoms. The normalized spacial score (nSPS) is 20.9. The van der Waals surface area contributed by atoms with Crippen molar-refractivity contribution in [3.05, 3.63) is 57.7 Å². The molecule has 7 aliphatic rings. The zero-order chi connectivity index (χ0) is 68.8. The molecule has 7 heterocycles. The van der Waals surface area contributed by atoms with E-state index < -0.39 is 52.0 Å². The van der Waals surface area contributed by atoms with Crippen molar-refractivity contribution in [3.8, 4) is 0 Å². The fraction of sp³-hybridized carbons (Fsp3) is 0.735. The zero-order valence-electron chi connectivity index (χ0n) is 58.6. The molecule has 94 heavy (non-hydrogen) atoms. The number of alkyl halides is 2. The first kappa shape index (κ1) is 73.3. The molecule has 3 atom stereocenters. The van der Waals surface area contributed by atoms with Gasteiger partial charge in [0.2, 0.25) is 23.6 Å². The van der Waals surface area contributed by atoms with Gasteiger partial charge in [0.25, 0.3) is 17.7 Å². The van der Waals surface area contributed by atoms with Crippen LogP contribution in [0.1, 0.15) is 230 Å². The molecule has 10 rings (SSSR count). The summed E-state index contributed by atoms with van der Waals surface area (Å²) in [5, 5.41) is 16.7. The van der Waals surface area contributed by atoms with Gasteiger partial charge in [0.05, 0.1) is 30.3 Å². The molecule has 4 aliphatic heterocycles. The number of ether oxygens (including phenoxy) is 2. The number of allylic oxidation sites excluding steroid dienone is 1. The highest BCUT2D eigenvalue weighted by molar-refractivity contribution is 5.99. The molecule has 0 unspecified atom stereocenters. The molecule has 0 aromatic carbocycles. The van der Waals surface area contributed by atoms with Crippen LogP contribution < -0.4 is 31.9 Å². The molecule has 3 aromatic rings. The van der Waals surface area contributed by atoms with Gasteiger partial charge in [-0.2, -0.15) is 0 Å². The molecule has 26 heteroatoms. The van der Waals surface area contributed by atoms with E-state index in [1.807, 2.05) is 76.4 Å². The summed E-state index contributed by atoms with van der Waals surface area (Å²) in [5.41, 5.74) is 3.51. The van der Waals surface area contributed by atoms with Crippen LogP contribution in [-0.4, -0.2) is 190 Å². The number of carbonyl (C=O) groups excluding carboxylic acids is 7. The van der Waals surface area contributed by atoms with Crippen molar-refractivity contribution in [2.45, 2.75) is 233 Å². The van der Waals surface area contributed by atoms with E-state index in [1.54, 1.807) is 21.1 Å². The number of likely N-dealkylation sites (N-methyl/N-ethyl adjacent to an activating group) is 3. The number of fused-ring (bicyclic) bond motifs is 3. The van der Waals surface area contributed by atoms with E-state index in [4.69, 9.17) is 24.4 Å². The van der Waals surface area contributed by atoms with Crippen LogP contribution in [0.15, 0.2) is 6.08 Å². The van der Waals surface area contributed by atoms with Crippen LogP contribution in [0.3, 0.4) is 0 Å². The van der Waals surface area contributed by atoms with E-state index >= 15 is 0 Å². The van der Waals surface area contributed by atoms with Crippen LogP contribution in [0, 0.1) is 16.2 Å². The highest BCUT2D eigenvalue weighted by Crippen LogP contribution is 2.43. The molecule has 6 amide bonds. The number of amides is 6. The summed E-state index contributed by atoms with van der Waals surface area (Å²) in [6.07, 6.45) is 10.5. The fourth-order valence-electron chi connectivity index (χ4n) is 14.0. The van der Waals surface area contributed by atoms with Gasteiger partial charge in [-0.15, -0.1) is 0 Å². The lowest BCUT2D eigenvalue weighted by Crippen LogP contribution is -2.53. The second kappa shape index (κ2) is 30.3. The first-order valence-corrected chi connectivity index (χ1v) is 34.0. The number of carbonyl (C=O) groups is 7. The maximum Gasteiger partial charge on any atom is 0.272 e. The minimum absolute atomic E-state index is 0.0827. The largest absolute Gasteiger partial charge is 0.357 e. The lowest BCUT2D eigenvalue weighted by Gasteiger charge is -2.30. The lowest BCUT2D eigenvalue weighted by molar-refractivity contribution is -0.159. The van der Waals surface area contributed by atoms with Gasteiger partial charge in [0, 0.05) is 111 Å². The van der Waals surface area contributed by atoms with E-state index in [1.165, 1.54) is 0 Å². The Balaban J connectivity index is 0.000000181. The Labute approximate surface area is 554 Å². The van der Waals surface area contributed by atoms with Crippen molar-refractivity contribution in [3.63, 3.8) is 0 Å². The first-order valence-electron chi connectivity index (χ1n) is 34.0. The molecule has 3 aromatic heterocycles. The van der Waals surface area contributed by atoms with Crippen molar-refractivity contribution in [2.75, 3.05) is 75.1 Å². The second-order valence-corrected chi connectivity index (χ2v) is 30.1. The number of imidazole rings is 3. The quantitative estimate of drug-likeness (QED) is 0.111. The Kier molecular flexibility index (Phi) is 23.6. The molecule has 2 saturated carbocycles. The van der Waals surface area contributed by atoms with Crippen LogP contribution in [0.2, 0.25) is 0 Å². The predicted molar refractivity (Wildman–Crippen MR) is 353 cm³/mol. The van der Waals surface area contributed by atoms with Crippen molar-refractivity contribution in [1.82, 2.24) is 75.3 Å². The third-order valence-corrected chi connectivity index (χ3v) is 19.4. The summed E-state index contributed by atoms with van der Waals surface area (Å²) in [7, 11) is 10.8. The number of rotatable bonds is 12.